The molecule has 0 saturated carbocycles. The molecule has 0 aromatic heterocycles. The van der Waals surface area contributed by atoms with Gasteiger partial charge in [-0.15, -0.1) is 0 Å². The molecular formula is C28H34N4O4. The number of nitrogen functional groups attached to an aromatic ring is 1. The molecule has 1 saturated heterocycles. The molecule has 36 heavy (non-hydrogen) atoms. The van der Waals surface area contributed by atoms with Crippen LogP contribution in [0.15, 0.2) is 48.5 Å². The van der Waals surface area contributed by atoms with E-state index in [4.69, 9.17) is 20.6 Å². The molecule has 2 aromatic carbocycles. The predicted octanol–water partition coefficient (Wildman–Crippen LogP) is 4.36. The molecule has 1 aliphatic rings. The summed E-state index contributed by atoms with van der Waals surface area (Å²) in [5.41, 5.74) is 6.39. The van der Waals surface area contributed by atoms with Crippen molar-refractivity contribution in [3.63, 3.8) is 0 Å². The molecule has 8 heteroatoms. The summed E-state index contributed by atoms with van der Waals surface area (Å²) in [6, 6.07) is 13.9. The fraction of sp³-hybridized carbons (Fsp3) is 0.393. The summed E-state index contributed by atoms with van der Waals surface area (Å²) in [6.45, 7) is 7.96. The fourth-order valence-corrected chi connectivity index (χ4v) is 4.00. The predicted molar refractivity (Wildman–Crippen MR) is 140 cm³/mol. The van der Waals surface area contributed by atoms with E-state index in [1.54, 1.807) is 69.2 Å². The van der Waals surface area contributed by atoms with Crippen molar-refractivity contribution < 1.29 is 19.1 Å². The topological polar surface area (TPSA) is 109 Å². The molecule has 2 amide bonds. The molecule has 1 aliphatic heterocycles. The summed E-state index contributed by atoms with van der Waals surface area (Å²) in [4.78, 5) is 29.5. The summed E-state index contributed by atoms with van der Waals surface area (Å²) in [5, 5.41) is 7.59. The highest BCUT2D eigenvalue weighted by atomic mass is 16.6. The SMILES string of the molecule is COC1(C)CCCN1C(=O)c1ccccc1C#CCN(C(=O)OC(C)(C)C)c1ccc(C(=N)N)cc1. The van der Waals surface area contributed by atoms with E-state index in [1.165, 1.54) is 4.90 Å². The lowest BCUT2D eigenvalue weighted by molar-refractivity contribution is -0.0796. The van der Waals surface area contributed by atoms with Crippen LogP contribution in [0.1, 0.15) is 62.0 Å². The second kappa shape index (κ2) is 10.8. The third-order valence-corrected chi connectivity index (χ3v) is 6.00. The number of amides is 2. The lowest BCUT2D eigenvalue weighted by Gasteiger charge is -2.34. The lowest BCUT2D eigenvalue weighted by Crippen LogP contribution is -2.46. The van der Waals surface area contributed by atoms with Gasteiger partial charge in [0, 0.05) is 30.5 Å². The van der Waals surface area contributed by atoms with Gasteiger partial charge in [-0.1, -0.05) is 24.0 Å². The Morgan fingerprint density at radius 3 is 2.44 bits per heavy atom. The zero-order valence-corrected chi connectivity index (χ0v) is 21.6. The van der Waals surface area contributed by atoms with Crippen molar-refractivity contribution in [2.45, 2.75) is 51.9 Å². The Morgan fingerprint density at radius 2 is 1.83 bits per heavy atom. The van der Waals surface area contributed by atoms with Gasteiger partial charge in [0.05, 0.1) is 12.1 Å². The standard InChI is InChI=1S/C28H34N4O4/c1-27(2,3)36-26(34)31(22-15-13-21(14-16-22)24(29)30)18-8-11-20-10-6-7-12-23(20)25(33)32-19-9-17-28(32,4)35-5/h6-7,10,12-16H,9,17-19H2,1-5H3,(H3,29,30). The molecule has 1 unspecified atom stereocenters. The summed E-state index contributed by atoms with van der Waals surface area (Å²) in [6.07, 6.45) is 1.10. The van der Waals surface area contributed by atoms with Gasteiger partial charge in [0.25, 0.3) is 5.91 Å². The van der Waals surface area contributed by atoms with Crippen molar-refractivity contribution in [1.82, 2.24) is 4.90 Å². The van der Waals surface area contributed by atoms with Crippen molar-refractivity contribution in [2.24, 2.45) is 5.73 Å². The maximum atomic E-state index is 13.4. The molecule has 0 radical (unpaired) electrons. The van der Waals surface area contributed by atoms with Gasteiger partial charge < -0.3 is 20.1 Å². The minimum atomic E-state index is -0.690. The quantitative estimate of drug-likeness (QED) is 0.368. The monoisotopic (exact) mass is 490 g/mol. The first-order valence-corrected chi connectivity index (χ1v) is 11.9. The third-order valence-electron chi connectivity index (χ3n) is 6.00. The number of ether oxygens (including phenoxy) is 2. The summed E-state index contributed by atoms with van der Waals surface area (Å²) in [7, 11) is 1.62. The number of amidine groups is 1. The Bertz CT molecular complexity index is 1190. The Morgan fingerprint density at radius 1 is 1.17 bits per heavy atom. The number of hydrogen-bond donors (Lipinski definition) is 2. The number of nitrogens with one attached hydrogen (secondary N) is 1. The highest BCUT2D eigenvalue weighted by Gasteiger charge is 2.40. The number of carbonyl (C=O) groups excluding carboxylic acids is 2. The maximum absolute atomic E-state index is 13.4. The molecule has 3 N–H and O–H groups in total. The maximum Gasteiger partial charge on any atom is 0.415 e. The number of anilines is 1. The lowest BCUT2D eigenvalue weighted by atomic mass is 10.1. The van der Waals surface area contributed by atoms with E-state index in [-0.39, 0.29) is 18.3 Å². The van der Waals surface area contributed by atoms with Crippen molar-refractivity contribution in [3.8, 4) is 11.8 Å². The average Bonchev–Trinajstić information content (AvgIpc) is 3.22. The molecule has 0 bridgehead atoms. The smallest absolute Gasteiger partial charge is 0.415 e. The Kier molecular flexibility index (Phi) is 8.06. The van der Waals surface area contributed by atoms with Gasteiger partial charge in [0.15, 0.2) is 0 Å². The van der Waals surface area contributed by atoms with E-state index in [0.29, 0.717) is 28.9 Å². The molecule has 1 fully saturated rings. The van der Waals surface area contributed by atoms with E-state index in [2.05, 4.69) is 11.8 Å². The molecule has 0 spiro atoms. The van der Waals surface area contributed by atoms with Crippen LogP contribution in [0.25, 0.3) is 0 Å². The Labute approximate surface area is 212 Å². The van der Waals surface area contributed by atoms with Crippen LogP contribution in [-0.4, -0.2) is 54.3 Å². The number of likely N-dealkylation sites (tertiary alicyclic amines) is 1. The number of benzene rings is 2. The minimum absolute atomic E-state index is 0.0381. The fourth-order valence-electron chi connectivity index (χ4n) is 4.00. The first-order chi connectivity index (χ1) is 16.9. The van der Waals surface area contributed by atoms with Gasteiger partial charge in [0.2, 0.25) is 0 Å². The Hall–Kier alpha value is -3.83. The van der Waals surface area contributed by atoms with Gasteiger partial charge >= 0.3 is 6.09 Å². The molecule has 2 aromatic rings. The average molecular weight is 491 g/mol. The molecule has 1 atom stereocenters. The largest absolute Gasteiger partial charge is 0.443 e. The van der Waals surface area contributed by atoms with Gasteiger partial charge in [0.1, 0.15) is 17.2 Å². The zero-order chi connectivity index (χ0) is 26.5. The number of rotatable bonds is 5. The molecule has 190 valence electrons. The second-order valence-corrected chi connectivity index (χ2v) is 9.81. The molecule has 0 aliphatic carbocycles. The summed E-state index contributed by atoms with van der Waals surface area (Å²) in [5.74, 6) is 5.90. The highest BCUT2D eigenvalue weighted by molar-refractivity contribution is 5.97. The van der Waals surface area contributed by atoms with Crippen molar-refractivity contribution >= 4 is 23.5 Å². The van der Waals surface area contributed by atoms with E-state index in [0.717, 1.165) is 12.8 Å². The normalized spacial score (nSPS) is 17.2. The number of hydrogen-bond acceptors (Lipinski definition) is 5. The minimum Gasteiger partial charge on any atom is -0.443 e. The molecule has 3 rings (SSSR count). The Balaban J connectivity index is 1.89. The number of carbonyl (C=O) groups is 2. The molecule has 1 heterocycles. The highest BCUT2D eigenvalue weighted by Crippen LogP contribution is 2.31. The van der Waals surface area contributed by atoms with Gasteiger partial charge in [-0.05, 0) is 76.9 Å². The van der Waals surface area contributed by atoms with E-state index >= 15 is 0 Å². The number of nitrogens with two attached hydrogens (primary N) is 1. The van der Waals surface area contributed by atoms with E-state index in [1.807, 2.05) is 19.1 Å². The van der Waals surface area contributed by atoms with E-state index < -0.39 is 17.4 Å². The van der Waals surface area contributed by atoms with Crippen molar-refractivity contribution in [2.75, 3.05) is 25.1 Å². The number of methoxy groups -OCH3 is 1. The van der Waals surface area contributed by atoms with Gasteiger partial charge in [-0.2, -0.15) is 0 Å². The van der Waals surface area contributed by atoms with Crippen LogP contribution < -0.4 is 10.6 Å². The van der Waals surface area contributed by atoms with Crippen molar-refractivity contribution in [3.05, 3.63) is 65.2 Å². The van der Waals surface area contributed by atoms with E-state index in [9.17, 15) is 9.59 Å². The van der Waals surface area contributed by atoms with Crippen LogP contribution in [0.5, 0.6) is 0 Å². The molecular weight excluding hydrogens is 456 g/mol. The van der Waals surface area contributed by atoms with Crippen LogP contribution in [0.2, 0.25) is 0 Å². The summed E-state index contributed by atoms with van der Waals surface area (Å²) >= 11 is 0. The first-order valence-electron chi connectivity index (χ1n) is 11.9. The molecule has 8 nitrogen and oxygen atoms in total. The van der Waals surface area contributed by atoms with Crippen molar-refractivity contribution in [1.29, 1.82) is 5.41 Å². The van der Waals surface area contributed by atoms with Crippen LogP contribution in [0, 0.1) is 17.3 Å². The number of nitrogens with zero attached hydrogens (tertiary/aromatic N) is 2. The van der Waals surface area contributed by atoms with Gasteiger partial charge in [-0.3, -0.25) is 15.1 Å². The van der Waals surface area contributed by atoms with Crippen LogP contribution >= 0.6 is 0 Å². The van der Waals surface area contributed by atoms with Crippen LogP contribution in [0.4, 0.5) is 10.5 Å². The van der Waals surface area contributed by atoms with Crippen LogP contribution in [-0.2, 0) is 9.47 Å². The van der Waals surface area contributed by atoms with Gasteiger partial charge in [-0.25, -0.2) is 4.79 Å². The first kappa shape index (κ1) is 26.8. The third kappa shape index (κ3) is 6.23. The van der Waals surface area contributed by atoms with Crippen LogP contribution in [0.3, 0.4) is 0 Å². The summed E-state index contributed by atoms with van der Waals surface area (Å²) < 4.78 is 11.2. The zero-order valence-electron chi connectivity index (χ0n) is 21.6. The second-order valence-electron chi connectivity index (χ2n) is 9.81.